The van der Waals surface area contributed by atoms with Gasteiger partial charge in [0.05, 0.1) is 0 Å². The van der Waals surface area contributed by atoms with Gasteiger partial charge in [-0.3, -0.25) is 0 Å². The number of carboxylic acid groups (broad SMARTS) is 1. The van der Waals surface area contributed by atoms with E-state index in [0.29, 0.717) is 0 Å². The summed E-state index contributed by atoms with van der Waals surface area (Å²) in [6, 6.07) is 7.17. The molecule has 1 atom stereocenters. The number of rotatable bonds is 3. The molecule has 0 bridgehead atoms. The first-order valence-corrected chi connectivity index (χ1v) is 4.14. The second-order valence-corrected chi connectivity index (χ2v) is 3.08. The molecule has 1 aromatic rings. The number of aliphatic carboxylic acids is 1. The zero-order valence-electron chi connectivity index (χ0n) is 7.49. The molecule has 1 aromatic carbocycles. The highest BCUT2D eigenvalue weighted by atomic mass is 16.4. The predicted molar refractivity (Wildman–Crippen MR) is 47.8 cm³/mol. The van der Waals surface area contributed by atoms with Gasteiger partial charge < -0.3 is 15.6 Å². The maximum Gasteiger partial charge on any atom is 0.0458 e. The van der Waals surface area contributed by atoms with Crippen LogP contribution in [-0.2, 0) is 11.2 Å². The van der Waals surface area contributed by atoms with Crippen molar-refractivity contribution in [2.45, 2.75) is 19.4 Å². The van der Waals surface area contributed by atoms with E-state index < -0.39 is 5.97 Å². The number of carbonyl (C=O) groups excluding carboxylic acids is 1. The van der Waals surface area contributed by atoms with Crippen LogP contribution < -0.4 is 10.8 Å². The van der Waals surface area contributed by atoms with Crippen LogP contribution in [0.2, 0.25) is 0 Å². The Morgan fingerprint density at radius 1 is 1.46 bits per heavy atom. The molecule has 2 N–H and O–H groups in total. The van der Waals surface area contributed by atoms with Gasteiger partial charge in [-0.1, -0.05) is 24.3 Å². The van der Waals surface area contributed by atoms with Gasteiger partial charge in [0.1, 0.15) is 0 Å². The topological polar surface area (TPSA) is 66.2 Å². The van der Waals surface area contributed by atoms with Crippen molar-refractivity contribution >= 4 is 5.97 Å². The maximum absolute atomic E-state index is 10.3. The summed E-state index contributed by atoms with van der Waals surface area (Å²) < 4.78 is 0. The van der Waals surface area contributed by atoms with Crippen molar-refractivity contribution in [3.63, 3.8) is 0 Å². The van der Waals surface area contributed by atoms with E-state index in [1.165, 1.54) is 0 Å². The molecule has 0 amide bonds. The Kier molecular flexibility index (Phi) is 3.03. The number of hydrogen-bond acceptors (Lipinski definition) is 3. The van der Waals surface area contributed by atoms with Crippen LogP contribution in [0.4, 0.5) is 0 Å². The maximum atomic E-state index is 10.3. The third kappa shape index (κ3) is 2.87. The number of hydrogen-bond donors (Lipinski definition) is 1. The Morgan fingerprint density at radius 3 is 2.38 bits per heavy atom. The first-order chi connectivity index (χ1) is 6.09. The summed E-state index contributed by atoms with van der Waals surface area (Å²) in [4.78, 5) is 10.3. The summed E-state index contributed by atoms with van der Waals surface area (Å²) in [5, 5.41) is 10.3. The third-order valence-corrected chi connectivity index (χ3v) is 1.85. The van der Waals surface area contributed by atoms with Crippen LogP contribution in [-0.4, -0.2) is 5.97 Å². The van der Waals surface area contributed by atoms with Gasteiger partial charge in [-0.05, 0) is 18.1 Å². The fourth-order valence-electron chi connectivity index (χ4n) is 1.11. The fraction of sp³-hybridized carbons (Fsp3) is 0.300. The highest BCUT2D eigenvalue weighted by Crippen LogP contribution is 2.10. The van der Waals surface area contributed by atoms with Crippen LogP contribution in [0, 0.1) is 0 Å². The van der Waals surface area contributed by atoms with E-state index in [0.717, 1.165) is 11.1 Å². The molecule has 70 valence electrons. The lowest BCUT2D eigenvalue weighted by molar-refractivity contribution is -0.304. The Balaban J connectivity index is 2.75. The largest absolute Gasteiger partial charge is 0.550 e. The minimum absolute atomic E-state index is 0.0167. The summed E-state index contributed by atoms with van der Waals surface area (Å²) in [5.74, 6) is -1.06. The highest BCUT2D eigenvalue weighted by Gasteiger charge is 1.98. The zero-order valence-corrected chi connectivity index (χ0v) is 7.49. The normalized spacial score (nSPS) is 12.5. The molecular weight excluding hydrogens is 166 g/mol. The molecule has 0 aromatic heterocycles. The average molecular weight is 178 g/mol. The van der Waals surface area contributed by atoms with Crippen molar-refractivity contribution in [3.05, 3.63) is 35.4 Å². The van der Waals surface area contributed by atoms with Gasteiger partial charge in [0.15, 0.2) is 0 Å². The fourth-order valence-corrected chi connectivity index (χ4v) is 1.11. The smallest absolute Gasteiger partial charge is 0.0458 e. The SMILES string of the molecule is C[C@H](N)c1ccc(CC(=O)[O-])cc1. The average Bonchev–Trinajstić information content (AvgIpc) is 2.04. The molecule has 0 aliphatic carbocycles. The van der Waals surface area contributed by atoms with E-state index >= 15 is 0 Å². The summed E-state index contributed by atoms with van der Waals surface area (Å²) in [6.07, 6.45) is -0.0424. The molecule has 0 aliphatic heterocycles. The van der Waals surface area contributed by atoms with E-state index in [9.17, 15) is 9.90 Å². The lowest BCUT2D eigenvalue weighted by atomic mass is 10.1. The van der Waals surface area contributed by atoms with Gasteiger partial charge >= 0.3 is 0 Å². The van der Waals surface area contributed by atoms with Crippen LogP contribution in [0.15, 0.2) is 24.3 Å². The molecule has 13 heavy (non-hydrogen) atoms. The van der Waals surface area contributed by atoms with E-state index in [2.05, 4.69) is 0 Å². The third-order valence-electron chi connectivity index (χ3n) is 1.85. The second-order valence-electron chi connectivity index (χ2n) is 3.08. The summed E-state index contributed by atoms with van der Waals surface area (Å²) in [5.41, 5.74) is 7.38. The van der Waals surface area contributed by atoms with Gasteiger partial charge in [0.2, 0.25) is 0 Å². The van der Waals surface area contributed by atoms with E-state index in [-0.39, 0.29) is 12.5 Å². The molecule has 0 fully saturated rings. The molecule has 0 aliphatic rings. The molecule has 0 unspecified atom stereocenters. The van der Waals surface area contributed by atoms with Crippen molar-refractivity contribution < 1.29 is 9.90 Å². The number of benzene rings is 1. The molecule has 1 rings (SSSR count). The Labute approximate surface area is 77.2 Å². The Bertz CT molecular complexity index is 290. The first kappa shape index (κ1) is 9.74. The highest BCUT2D eigenvalue weighted by molar-refractivity contribution is 5.67. The number of carbonyl (C=O) groups is 1. The number of carboxylic acids is 1. The quantitative estimate of drug-likeness (QED) is 0.708. The minimum Gasteiger partial charge on any atom is -0.550 e. The zero-order chi connectivity index (χ0) is 9.84. The number of nitrogens with two attached hydrogens (primary N) is 1. The monoisotopic (exact) mass is 178 g/mol. The van der Waals surface area contributed by atoms with Crippen LogP contribution in [0.1, 0.15) is 24.1 Å². The van der Waals surface area contributed by atoms with Crippen molar-refractivity contribution in [2.24, 2.45) is 5.73 Å². The molecule has 0 heterocycles. The van der Waals surface area contributed by atoms with Crippen molar-refractivity contribution in [3.8, 4) is 0 Å². The molecule has 0 radical (unpaired) electrons. The first-order valence-electron chi connectivity index (χ1n) is 4.14. The summed E-state index contributed by atoms with van der Waals surface area (Å²) >= 11 is 0. The van der Waals surface area contributed by atoms with Crippen molar-refractivity contribution in [1.29, 1.82) is 0 Å². The molecule has 3 heteroatoms. The van der Waals surface area contributed by atoms with Crippen LogP contribution in [0.25, 0.3) is 0 Å². The van der Waals surface area contributed by atoms with E-state index in [1.807, 2.05) is 19.1 Å². The second kappa shape index (κ2) is 4.05. The lowest BCUT2D eigenvalue weighted by Crippen LogP contribution is -2.24. The molecule has 0 saturated heterocycles. The minimum atomic E-state index is -1.06. The molecule has 3 nitrogen and oxygen atoms in total. The van der Waals surface area contributed by atoms with Gasteiger partial charge in [-0.2, -0.15) is 0 Å². The van der Waals surface area contributed by atoms with E-state index in [4.69, 9.17) is 5.73 Å². The molecular formula is C10H12NO2-. The predicted octanol–water partition coefficient (Wildman–Crippen LogP) is -0.00130. The van der Waals surface area contributed by atoms with Crippen LogP contribution in [0.3, 0.4) is 0 Å². The lowest BCUT2D eigenvalue weighted by Gasteiger charge is -2.07. The van der Waals surface area contributed by atoms with Crippen LogP contribution in [0.5, 0.6) is 0 Å². The summed E-state index contributed by atoms with van der Waals surface area (Å²) in [6.45, 7) is 1.88. The van der Waals surface area contributed by atoms with Gasteiger partial charge in [0.25, 0.3) is 0 Å². The Hall–Kier alpha value is -1.35. The van der Waals surface area contributed by atoms with Crippen LogP contribution >= 0.6 is 0 Å². The van der Waals surface area contributed by atoms with Crippen molar-refractivity contribution in [1.82, 2.24) is 0 Å². The summed E-state index contributed by atoms with van der Waals surface area (Å²) in [7, 11) is 0. The standard InChI is InChI=1S/C10H13NO2/c1-7(11)9-4-2-8(3-5-9)6-10(12)13/h2-5,7H,6,11H2,1H3,(H,12,13)/p-1/t7-/m0/s1. The van der Waals surface area contributed by atoms with E-state index in [1.54, 1.807) is 12.1 Å². The molecule has 0 saturated carbocycles. The van der Waals surface area contributed by atoms with Crippen molar-refractivity contribution in [2.75, 3.05) is 0 Å². The van der Waals surface area contributed by atoms with Gasteiger partial charge in [0, 0.05) is 18.4 Å². The van der Waals surface area contributed by atoms with Gasteiger partial charge in [-0.15, -0.1) is 0 Å². The molecule has 0 spiro atoms. The van der Waals surface area contributed by atoms with Gasteiger partial charge in [-0.25, -0.2) is 0 Å². The Morgan fingerprint density at radius 2 is 2.00 bits per heavy atom.